The first-order chi connectivity index (χ1) is 15.7. The number of carbonyl (C=O) groups is 2. The number of benzene rings is 1. The largest absolute Gasteiger partial charge is 0.411 e. The van der Waals surface area contributed by atoms with Crippen molar-refractivity contribution in [3.8, 4) is 0 Å². The zero-order valence-corrected chi connectivity index (χ0v) is 18.2. The van der Waals surface area contributed by atoms with E-state index in [1.54, 1.807) is 9.80 Å². The number of piperidine rings is 2. The van der Waals surface area contributed by atoms with Crippen LogP contribution in [0.4, 0.5) is 22.4 Å². The van der Waals surface area contributed by atoms with E-state index in [4.69, 9.17) is 9.47 Å². The molecule has 2 amide bonds. The summed E-state index contributed by atoms with van der Waals surface area (Å²) in [5.41, 5.74) is 0.495. The molecule has 0 saturated carbocycles. The number of amides is 2. The van der Waals surface area contributed by atoms with Gasteiger partial charge in [0.25, 0.3) is 0 Å². The molecule has 3 heterocycles. The van der Waals surface area contributed by atoms with Crippen LogP contribution in [0.3, 0.4) is 0 Å². The first kappa shape index (κ1) is 23.9. The summed E-state index contributed by atoms with van der Waals surface area (Å²) in [5, 5.41) is 0. The molecule has 1 aromatic carbocycles. The lowest BCUT2D eigenvalue weighted by Gasteiger charge is -2.43. The highest BCUT2D eigenvalue weighted by Gasteiger charge is 2.39. The molecule has 182 valence electrons. The number of alkyl halides is 3. The molecular weight excluding hydrogens is 444 g/mol. The summed E-state index contributed by atoms with van der Waals surface area (Å²) in [6.45, 7) is 0.593. The van der Waals surface area contributed by atoms with Gasteiger partial charge in [0.2, 0.25) is 0 Å². The molecule has 1 unspecified atom stereocenters. The number of hydrogen-bond acceptors (Lipinski definition) is 4. The van der Waals surface area contributed by atoms with Gasteiger partial charge in [-0.25, -0.2) is 9.18 Å². The third-order valence-corrected chi connectivity index (χ3v) is 6.75. The third kappa shape index (κ3) is 6.03. The maximum absolute atomic E-state index is 13.3. The monoisotopic (exact) mass is 472 g/mol. The number of halogens is 4. The summed E-state index contributed by atoms with van der Waals surface area (Å²) >= 11 is 0. The summed E-state index contributed by atoms with van der Waals surface area (Å²) in [4.78, 5) is 28.2. The standard InChI is InChI=1S/C23H28F4N2O4/c24-18-3-1-15(2-4-18)21(33-14-23(25,26)27)16-5-8-28(9-6-16)22(31)29-10-7-20-17(12-29)11-19(30)13-32-20/h1-4,16-17,20-21H,5-14H2/t17-,20+,21?/m1/s1. The predicted octanol–water partition coefficient (Wildman–Crippen LogP) is 3.96. The van der Waals surface area contributed by atoms with Crippen molar-refractivity contribution in [2.45, 2.75) is 44.1 Å². The molecule has 0 N–H and O–H groups in total. The van der Waals surface area contributed by atoms with Crippen LogP contribution in [0.5, 0.6) is 0 Å². The molecule has 4 rings (SSSR count). The molecule has 10 heteroatoms. The maximum Gasteiger partial charge on any atom is 0.411 e. The first-order valence-corrected chi connectivity index (χ1v) is 11.3. The number of hydrogen-bond donors (Lipinski definition) is 0. The number of ether oxygens (including phenoxy) is 2. The van der Waals surface area contributed by atoms with Crippen LogP contribution in [0, 0.1) is 17.7 Å². The van der Waals surface area contributed by atoms with Gasteiger partial charge in [-0.3, -0.25) is 4.79 Å². The minimum atomic E-state index is -4.47. The van der Waals surface area contributed by atoms with E-state index < -0.39 is 24.7 Å². The van der Waals surface area contributed by atoms with E-state index in [9.17, 15) is 27.2 Å². The van der Waals surface area contributed by atoms with Crippen LogP contribution < -0.4 is 0 Å². The van der Waals surface area contributed by atoms with Gasteiger partial charge < -0.3 is 19.3 Å². The highest BCUT2D eigenvalue weighted by molar-refractivity contribution is 5.81. The van der Waals surface area contributed by atoms with Crippen LogP contribution in [0.2, 0.25) is 0 Å². The normalized spacial score (nSPS) is 25.6. The van der Waals surface area contributed by atoms with Gasteiger partial charge in [0.1, 0.15) is 19.0 Å². The van der Waals surface area contributed by atoms with Crippen LogP contribution in [-0.4, -0.2) is 73.3 Å². The molecule has 3 fully saturated rings. The Labute approximate surface area is 189 Å². The second kappa shape index (κ2) is 9.97. The van der Waals surface area contributed by atoms with Gasteiger partial charge in [-0.1, -0.05) is 12.1 Å². The Kier molecular flexibility index (Phi) is 7.23. The third-order valence-electron chi connectivity index (χ3n) is 6.75. The van der Waals surface area contributed by atoms with Crippen molar-refractivity contribution in [1.29, 1.82) is 0 Å². The van der Waals surface area contributed by atoms with Gasteiger partial charge in [-0.2, -0.15) is 13.2 Å². The lowest BCUT2D eigenvalue weighted by atomic mass is 9.86. The zero-order valence-electron chi connectivity index (χ0n) is 18.2. The Hall–Kier alpha value is -2.20. The van der Waals surface area contributed by atoms with E-state index in [2.05, 4.69) is 0 Å². The van der Waals surface area contributed by atoms with E-state index in [1.165, 1.54) is 24.3 Å². The van der Waals surface area contributed by atoms with Crippen molar-refractivity contribution >= 4 is 11.8 Å². The first-order valence-electron chi connectivity index (χ1n) is 11.3. The number of nitrogens with zero attached hydrogens (tertiary/aromatic N) is 2. The van der Waals surface area contributed by atoms with Crippen molar-refractivity contribution in [3.05, 3.63) is 35.6 Å². The molecule has 3 saturated heterocycles. The average Bonchev–Trinajstić information content (AvgIpc) is 2.79. The second-order valence-electron chi connectivity index (χ2n) is 9.09. The Balaban J connectivity index is 1.36. The van der Waals surface area contributed by atoms with Crippen molar-refractivity contribution in [1.82, 2.24) is 9.80 Å². The van der Waals surface area contributed by atoms with E-state index in [1.807, 2.05) is 0 Å². The minimum Gasteiger partial charge on any atom is -0.370 e. The lowest BCUT2D eigenvalue weighted by molar-refractivity contribution is -0.193. The van der Waals surface area contributed by atoms with E-state index >= 15 is 0 Å². The van der Waals surface area contributed by atoms with E-state index in [-0.39, 0.29) is 36.4 Å². The maximum atomic E-state index is 13.3. The van der Waals surface area contributed by atoms with Crippen molar-refractivity contribution in [2.24, 2.45) is 11.8 Å². The van der Waals surface area contributed by atoms with Crippen LogP contribution >= 0.6 is 0 Å². The molecule has 6 nitrogen and oxygen atoms in total. The minimum absolute atomic E-state index is 0.0136. The molecule has 33 heavy (non-hydrogen) atoms. The number of Topliss-reactive ketones (excluding diaryl/α,β-unsaturated/α-hetero) is 1. The van der Waals surface area contributed by atoms with Crippen molar-refractivity contribution in [3.63, 3.8) is 0 Å². The number of rotatable bonds is 4. The molecule has 3 aliphatic rings. The predicted molar refractivity (Wildman–Crippen MR) is 110 cm³/mol. The molecule has 3 atom stereocenters. The molecule has 0 bridgehead atoms. The van der Waals surface area contributed by atoms with Gasteiger partial charge in [-0.15, -0.1) is 0 Å². The summed E-state index contributed by atoms with van der Waals surface area (Å²) < 4.78 is 62.6. The Morgan fingerprint density at radius 1 is 1.09 bits per heavy atom. The Morgan fingerprint density at radius 2 is 1.76 bits per heavy atom. The average molecular weight is 472 g/mol. The van der Waals surface area contributed by atoms with Crippen LogP contribution in [-0.2, 0) is 14.3 Å². The molecule has 3 aliphatic heterocycles. The van der Waals surface area contributed by atoms with Gasteiger partial charge in [0, 0.05) is 38.5 Å². The molecule has 0 spiro atoms. The van der Waals surface area contributed by atoms with Crippen LogP contribution in [0.15, 0.2) is 24.3 Å². The molecular formula is C23H28F4N2O4. The quantitative estimate of drug-likeness (QED) is 0.623. The number of fused-ring (bicyclic) bond motifs is 1. The zero-order chi connectivity index (χ0) is 23.6. The van der Waals surface area contributed by atoms with Gasteiger partial charge in [-0.05, 0) is 42.9 Å². The Bertz CT molecular complexity index is 840. The van der Waals surface area contributed by atoms with Crippen LogP contribution in [0.1, 0.15) is 37.4 Å². The van der Waals surface area contributed by atoms with Gasteiger partial charge in [0.15, 0.2) is 5.78 Å². The summed E-state index contributed by atoms with van der Waals surface area (Å²) in [7, 11) is 0. The molecule has 0 aliphatic carbocycles. The topological polar surface area (TPSA) is 59.1 Å². The van der Waals surface area contributed by atoms with Crippen LogP contribution in [0.25, 0.3) is 0 Å². The molecule has 0 aromatic heterocycles. The SMILES string of the molecule is O=C1CO[C@H]2CCN(C(=O)N3CCC(C(OCC(F)(F)F)c4ccc(F)cc4)CC3)C[C@H]2C1. The van der Waals surface area contributed by atoms with Gasteiger partial charge >= 0.3 is 12.2 Å². The number of urea groups is 1. The fourth-order valence-electron chi connectivity index (χ4n) is 5.09. The van der Waals surface area contributed by atoms with Gasteiger partial charge in [0.05, 0.1) is 12.2 Å². The van der Waals surface area contributed by atoms with E-state index in [0.29, 0.717) is 57.4 Å². The second-order valence-corrected chi connectivity index (χ2v) is 9.09. The number of ketones is 1. The Morgan fingerprint density at radius 3 is 2.42 bits per heavy atom. The van der Waals surface area contributed by atoms with Crippen molar-refractivity contribution in [2.75, 3.05) is 39.4 Å². The highest BCUT2D eigenvalue weighted by atomic mass is 19.4. The molecule has 1 aromatic rings. The van der Waals surface area contributed by atoms with Crippen molar-refractivity contribution < 1.29 is 36.6 Å². The molecule has 0 radical (unpaired) electrons. The number of carbonyl (C=O) groups excluding carboxylic acids is 2. The highest BCUT2D eigenvalue weighted by Crippen LogP contribution is 2.36. The summed E-state index contributed by atoms with van der Waals surface area (Å²) in [6.07, 6.45) is -3.21. The lowest BCUT2D eigenvalue weighted by Crippen LogP contribution is -2.54. The summed E-state index contributed by atoms with van der Waals surface area (Å²) in [5.74, 6) is -0.628. The number of likely N-dealkylation sites (tertiary alicyclic amines) is 2. The summed E-state index contributed by atoms with van der Waals surface area (Å²) in [6, 6.07) is 5.21. The van der Waals surface area contributed by atoms with E-state index in [0.717, 1.165) is 0 Å². The fraction of sp³-hybridized carbons (Fsp3) is 0.652. The smallest absolute Gasteiger partial charge is 0.370 e. The fourth-order valence-corrected chi connectivity index (χ4v) is 5.09.